The predicted octanol–water partition coefficient (Wildman–Crippen LogP) is 2.87. The molecule has 0 aliphatic carbocycles. The zero-order chi connectivity index (χ0) is 14.4. The summed E-state index contributed by atoms with van der Waals surface area (Å²) in [5.74, 6) is -0.615. The Bertz CT molecular complexity index is 514. The van der Waals surface area contributed by atoms with Crippen LogP contribution in [0.4, 0.5) is 8.78 Å². The summed E-state index contributed by atoms with van der Waals surface area (Å²) >= 11 is 1.77. The smallest absolute Gasteiger partial charge is 0.387 e. The lowest BCUT2D eigenvalue weighted by atomic mass is 10.1. The van der Waals surface area contributed by atoms with E-state index in [1.54, 1.807) is 35.6 Å². The van der Waals surface area contributed by atoms with Gasteiger partial charge in [-0.1, -0.05) is 0 Å². The zero-order valence-corrected chi connectivity index (χ0v) is 12.1. The highest BCUT2D eigenvalue weighted by Gasteiger charge is 2.16. The van der Waals surface area contributed by atoms with Gasteiger partial charge in [-0.05, 0) is 47.2 Å². The number of esters is 1. The molecular weight excluding hydrogens is 371 g/mol. The molecule has 4 nitrogen and oxygen atoms in total. The van der Waals surface area contributed by atoms with Crippen molar-refractivity contribution < 1.29 is 23.0 Å². The van der Waals surface area contributed by atoms with Gasteiger partial charge in [-0.25, -0.2) is 0 Å². The molecule has 0 aromatic heterocycles. The number of nitrogens with zero attached hydrogens (tertiary/aromatic N) is 1. The molecule has 0 spiro atoms. The maximum atomic E-state index is 12.2. The molecular formula is C12H10F2INO3. The summed E-state index contributed by atoms with van der Waals surface area (Å²) in [7, 11) is 0. The van der Waals surface area contributed by atoms with Gasteiger partial charge >= 0.3 is 12.6 Å². The fraction of sp³-hybridized carbons (Fsp3) is 0.333. The van der Waals surface area contributed by atoms with Crippen LogP contribution in [0, 0.1) is 14.9 Å². The topological polar surface area (TPSA) is 59.3 Å². The second-order valence-corrected chi connectivity index (χ2v) is 4.59. The fourth-order valence-corrected chi connectivity index (χ4v) is 2.24. The predicted molar refractivity (Wildman–Crippen MR) is 70.8 cm³/mol. The van der Waals surface area contributed by atoms with Crippen LogP contribution in [0.25, 0.3) is 0 Å². The van der Waals surface area contributed by atoms with Gasteiger partial charge in [0.25, 0.3) is 0 Å². The maximum Gasteiger partial charge on any atom is 0.387 e. The van der Waals surface area contributed by atoms with Crippen molar-refractivity contribution in [3.05, 3.63) is 26.8 Å². The monoisotopic (exact) mass is 381 g/mol. The molecule has 0 unspecified atom stereocenters. The normalized spacial score (nSPS) is 10.1. The van der Waals surface area contributed by atoms with Gasteiger partial charge in [-0.3, -0.25) is 4.79 Å². The van der Waals surface area contributed by atoms with Gasteiger partial charge < -0.3 is 9.47 Å². The van der Waals surface area contributed by atoms with E-state index >= 15 is 0 Å². The summed E-state index contributed by atoms with van der Waals surface area (Å²) in [5.41, 5.74) is 0.479. The summed E-state index contributed by atoms with van der Waals surface area (Å²) in [6.45, 7) is -1.06. The van der Waals surface area contributed by atoms with Crippen molar-refractivity contribution in [2.45, 2.75) is 20.0 Å². The molecule has 0 radical (unpaired) electrons. The molecule has 0 bridgehead atoms. The van der Waals surface area contributed by atoms with E-state index in [0.717, 1.165) is 0 Å². The third kappa shape index (κ3) is 4.63. The van der Waals surface area contributed by atoms with E-state index in [9.17, 15) is 13.6 Å². The highest BCUT2D eigenvalue weighted by molar-refractivity contribution is 14.1. The molecule has 7 heteroatoms. The Balaban J connectivity index is 3.03. The van der Waals surface area contributed by atoms with Crippen molar-refractivity contribution in [1.29, 1.82) is 5.26 Å². The molecule has 1 aromatic carbocycles. The first-order chi connectivity index (χ1) is 8.97. The summed E-state index contributed by atoms with van der Waals surface area (Å²) in [4.78, 5) is 11.3. The molecule has 0 fully saturated rings. The maximum absolute atomic E-state index is 12.2. The molecule has 0 saturated heterocycles. The Labute approximate surface area is 122 Å². The molecule has 1 aromatic rings. The van der Waals surface area contributed by atoms with Gasteiger partial charge in [0, 0.05) is 0 Å². The van der Waals surface area contributed by atoms with E-state index in [-0.39, 0.29) is 24.3 Å². The first-order valence-corrected chi connectivity index (χ1v) is 6.38. The van der Waals surface area contributed by atoms with Crippen molar-refractivity contribution in [1.82, 2.24) is 0 Å². The van der Waals surface area contributed by atoms with Crippen LogP contribution in [0.15, 0.2) is 12.1 Å². The van der Waals surface area contributed by atoms with Crippen LogP contribution >= 0.6 is 22.6 Å². The third-order valence-electron chi connectivity index (χ3n) is 2.08. The highest BCUT2D eigenvalue weighted by atomic mass is 127. The number of hydrogen-bond acceptors (Lipinski definition) is 4. The highest BCUT2D eigenvalue weighted by Crippen LogP contribution is 2.28. The third-order valence-corrected chi connectivity index (χ3v) is 2.89. The second kappa shape index (κ2) is 7.23. The number of rotatable bonds is 5. The van der Waals surface area contributed by atoms with E-state index in [1.165, 1.54) is 12.1 Å². The molecule has 0 aliphatic heterocycles. The number of halogens is 3. The van der Waals surface area contributed by atoms with Crippen molar-refractivity contribution >= 4 is 28.6 Å². The molecule has 1 rings (SSSR count). The first kappa shape index (κ1) is 15.6. The van der Waals surface area contributed by atoms with Crippen molar-refractivity contribution in [2.75, 3.05) is 6.61 Å². The van der Waals surface area contributed by atoms with Crippen LogP contribution in [0.2, 0.25) is 0 Å². The van der Waals surface area contributed by atoms with Crippen LogP contribution in [-0.2, 0) is 16.0 Å². The van der Waals surface area contributed by atoms with Crippen LogP contribution in [0.5, 0.6) is 5.75 Å². The molecule has 0 N–H and O–H groups in total. The molecule has 102 valence electrons. The Morgan fingerprint density at radius 1 is 1.53 bits per heavy atom. The zero-order valence-electron chi connectivity index (χ0n) is 9.95. The van der Waals surface area contributed by atoms with Gasteiger partial charge in [0.15, 0.2) is 5.75 Å². The number of nitriles is 1. The van der Waals surface area contributed by atoms with Crippen LogP contribution in [0.1, 0.15) is 18.1 Å². The number of carbonyl (C=O) groups is 1. The van der Waals surface area contributed by atoms with Crippen molar-refractivity contribution in [2.24, 2.45) is 0 Å². The number of hydrogen-bond donors (Lipinski definition) is 0. The average Bonchev–Trinajstić information content (AvgIpc) is 2.32. The van der Waals surface area contributed by atoms with Gasteiger partial charge in [-0.2, -0.15) is 14.0 Å². The molecule has 0 atom stereocenters. The number of benzene rings is 1. The van der Waals surface area contributed by atoms with E-state index in [2.05, 4.69) is 4.74 Å². The Kier molecular flexibility index (Phi) is 5.95. The lowest BCUT2D eigenvalue weighted by molar-refractivity contribution is -0.142. The number of ether oxygens (including phenoxy) is 2. The van der Waals surface area contributed by atoms with Crippen LogP contribution < -0.4 is 4.74 Å². The number of carbonyl (C=O) groups excluding carboxylic acids is 1. The quantitative estimate of drug-likeness (QED) is 0.582. The molecule has 0 heterocycles. The average molecular weight is 381 g/mol. The Hall–Kier alpha value is -1.43. The van der Waals surface area contributed by atoms with Gasteiger partial charge in [-0.15, -0.1) is 0 Å². The lowest BCUT2D eigenvalue weighted by Gasteiger charge is -2.10. The largest absolute Gasteiger partial charge is 0.466 e. The molecule has 0 amide bonds. The fourth-order valence-electron chi connectivity index (χ4n) is 1.42. The summed E-state index contributed by atoms with van der Waals surface area (Å²) in [5, 5.41) is 8.92. The Morgan fingerprint density at radius 2 is 2.21 bits per heavy atom. The first-order valence-electron chi connectivity index (χ1n) is 5.30. The number of alkyl halides is 2. The van der Waals surface area contributed by atoms with E-state index in [0.29, 0.717) is 9.13 Å². The lowest BCUT2D eigenvalue weighted by Crippen LogP contribution is -2.09. The van der Waals surface area contributed by atoms with Gasteiger partial charge in [0.05, 0.1) is 22.2 Å². The molecule has 19 heavy (non-hydrogen) atoms. The minimum Gasteiger partial charge on any atom is -0.466 e. The van der Waals surface area contributed by atoms with Crippen molar-refractivity contribution in [3.63, 3.8) is 0 Å². The molecule has 0 saturated carbocycles. The second-order valence-electron chi connectivity index (χ2n) is 3.43. The van der Waals surface area contributed by atoms with Gasteiger partial charge in [0.2, 0.25) is 0 Å². The van der Waals surface area contributed by atoms with E-state index in [4.69, 9.17) is 10.00 Å². The standard InChI is InChI=1S/C12H10F2INO3/c1-2-18-10(17)5-7-3-8(6-16)11(9(15)4-7)19-12(13)14/h3-4,12H,2,5H2,1H3. The Morgan fingerprint density at radius 3 is 2.74 bits per heavy atom. The minimum absolute atomic E-state index is 0.0204. The summed E-state index contributed by atoms with van der Waals surface area (Å²) in [6, 6.07) is 4.63. The minimum atomic E-state index is -3.00. The van der Waals surface area contributed by atoms with Gasteiger partial charge in [0.1, 0.15) is 6.07 Å². The van der Waals surface area contributed by atoms with Crippen molar-refractivity contribution in [3.8, 4) is 11.8 Å². The summed E-state index contributed by atoms with van der Waals surface area (Å²) in [6.07, 6.45) is -0.0204. The van der Waals surface area contributed by atoms with Crippen LogP contribution in [0.3, 0.4) is 0 Å². The van der Waals surface area contributed by atoms with E-state index in [1.807, 2.05) is 0 Å². The molecule has 0 aliphatic rings. The van der Waals surface area contributed by atoms with Crippen LogP contribution in [-0.4, -0.2) is 19.2 Å². The summed E-state index contributed by atoms with van der Waals surface area (Å²) < 4.78 is 33.9. The van der Waals surface area contributed by atoms with E-state index < -0.39 is 12.6 Å². The SMILES string of the molecule is CCOC(=O)Cc1cc(I)c(OC(F)F)c(C#N)c1.